The van der Waals surface area contributed by atoms with Crippen LogP contribution in [0.5, 0.6) is 0 Å². The van der Waals surface area contributed by atoms with Gasteiger partial charge in [0.05, 0.1) is 5.75 Å². The predicted octanol–water partition coefficient (Wildman–Crippen LogP) is 3.83. The van der Waals surface area contributed by atoms with E-state index in [4.69, 9.17) is 0 Å². The molecule has 1 aliphatic rings. The summed E-state index contributed by atoms with van der Waals surface area (Å²) in [6, 6.07) is 4.40. The zero-order valence-electron chi connectivity index (χ0n) is 12.3. The zero-order chi connectivity index (χ0) is 15.6. The highest BCUT2D eigenvalue weighted by Crippen LogP contribution is 2.30. The van der Waals surface area contributed by atoms with Gasteiger partial charge in [0.15, 0.2) is 0 Å². The first-order valence-corrected chi connectivity index (χ1v) is 9.67. The van der Waals surface area contributed by atoms with Crippen LogP contribution in [0.4, 0.5) is 4.39 Å². The second-order valence-corrected chi connectivity index (χ2v) is 8.66. The summed E-state index contributed by atoms with van der Waals surface area (Å²) < 4.78 is 41.7. The fourth-order valence-electron chi connectivity index (χ4n) is 2.86. The maximum absolute atomic E-state index is 13.8. The highest BCUT2D eigenvalue weighted by molar-refractivity contribution is 9.10. The van der Waals surface area contributed by atoms with Crippen molar-refractivity contribution in [1.29, 1.82) is 0 Å². The number of hydrogen-bond acceptors (Lipinski definition) is 2. The van der Waals surface area contributed by atoms with E-state index in [9.17, 15) is 12.8 Å². The maximum Gasteiger partial charge on any atom is 0.216 e. The summed E-state index contributed by atoms with van der Waals surface area (Å²) in [7, 11) is -3.53. The number of sulfonamides is 1. The first-order chi connectivity index (χ1) is 9.78. The minimum atomic E-state index is -3.53. The second kappa shape index (κ2) is 6.75. The monoisotopic (exact) mass is 377 g/mol. The van der Waals surface area contributed by atoms with Crippen LogP contribution >= 0.6 is 15.9 Å². The lowest BCUT2D eigenvalue weighted by atomic mass is 9.78. The standard InChI is InChI=1S/C15H21BrFNO2S/c1-10-4-3-5-15(11(10)2)18-21(19,20)9-12-6-7-13(16)8-14(12)17/h6-8,10-11,15,18H,3-5,9H2,1-2H3/t10-,11+,15-/m1/s1. The van der Waals surface area contributed by atoms with E-state index in [1.54, 1.807) is 6.07 Å². The molecule has 3 atom stereocenters. The van der Waals surface area contributed by atoms with E-state index in [2.05, 4.69) is 34.5 Å². The molecule has 118 valence electrons. The minimum Gasteiger partial charge on any atom is -0.212 e. The molecule has 1 N–H and O–H groups in total. The number of hydrogen-bond donors (Lipinski definition) is 1. The third-order valence-electron chi connectivity index (χ3n) is 4.40. The van der Waals surface area contributed by atoms with E-state index in [-0.39, 0.29) is 17.4 Å². The maximum atomic E-state index is 13.8. The van der Waals surface area contributed by atoms with E-state index < -0.39 is 15.8 Å². The van der Waals surface area contributed by atoms with Gasteiger partial charge in [-0.05, 0) is 30.4 Å². The van der Waals surface area contributed by atoms with Gasteiger partial charge in [-0.1, -0.05) is 48.7 Å². The summed E-state index contributed by atoms with van der Waals surface area (Å²) in [5, 5.41) is 0. The molecule has 0 bridgehead atoms. The molecule has 0 radical (unpaired) electrons. The average molecular weight is 378 g/mol. The Labute approximate surface area is 134 Å². The van der Waals surface area contributed by atoms with Gasteiger partial charge >= 0.3 is 0 Å². The van der Waals surface area contributed by atoms with E-state index in [1.807, 2.05) is 0 Å². The Bertz CT molecular complexity index is 606. The second-order valence-electron chi connectivity index (χ2n) is 5.99. The molecule has 0 spiro atoms. The van der Waals surface area contributed by atoms with Crippen molar-refractivity contribution in [3.63, 3.8) is 0 Å². The Morgan fingerprint density at radius 1 is 1.33 bits per heavy atom. The smallest absolute Gasteiger partial charge is 0.212 e. The molecule has 0 aliphatic heterocycles. The molecule has 1 aromatic rings. The predicted molar refractivity (Wildman–Crippen MR) is 85.8 cm³/mol. The Morgan fingerprint density at radius 2 is 2.05 bits per heavy atom. The first kappa shape index (κ1) is 16.9. The van der Waals surface area contributed by atoms with Gasteiger partial charge < -0.3 is 0 Å². The van der Waals surface area contributed by atoms with Crippen molar-refractivity contribution in [2.45, 2.75) is 44.9 Å². The Balaban J connectivity index is 2.08. The lowest BCUT2D eigenvalue weighted by Crippen LogP contribution is -2.44. The Kier molecular flexibility index (Phi) is 5.43. The van der Waals surface area contributed by atoms with Crippen molar-refractivity contribution in [3.8, 4) is 0 Å². The molecular weight excluding hydrogens is 357 g/mol. The van der Waals surface area contributed by atoms with Crippen LogP contribution in [0.25, 0.3) is 0 Å². The summed E-state index contributed by atoms with van der Waals surface area (Å²) in [4.78, 5) is 0. The van der Waals surface area contributed by atoms with Crippen LogP contribution in [0.1, 0.15) is 38.7 Å². The SMILES string of the molecule is C[C@H]1[C@H](C)CCC[C@H]1NS(=O)(=O)Cc1ccc(Br)cc1F. The lowest BCUT2D eigenvalue weighted by Gasteiger charge is -2.34. The van der Waals surface area contributed by atoms with Crippen LogP contribution in [0, 0.1) is 17.7 Å². The summed E-state index contributed by atoms with van der Waals surface area (Å²) in [5.41, 5.74) is 0.196. The molecule has 0 amide bonds. The molecule has 1 aromatic carbocycles. The lowest BCUT2D eigenvalue weighted by molar-refractivity contribution is 0.227. The fourth-order valence-corrected chi connectivity index (χ4v) is 4.72. The molecule has 0 aromatic heterocycles. The number of rotatable bonds is 4. The summed E-state index contributed by atoms with van der Waals surface area (Å²) in [5.74, 6) is 0.00273. The number of nitrogens with one attached hydrogen (secondary N) is 1. The van der Waals surface area contributed by atoms with Gasteiger partial charge in [-0.15, -0.1) is 0 Å². The molecular formula is C15H21BrFNO2S. The number of benzene rings is 1. The van der Waals surface area contributed by atoms with Gasteiger partial charge in [-0.25, -0.2) is 17.5 Å². The molecule has 2 rings (SSSR count). The van der Waals surface area contributed by atoms with Crippen LogP contribution in [0.3, 0.4) is 0 Å². The van der Waals surface area contributed by atoms with Crippen molar-refractivity contribution >= 4 is 26.0 Å². The highest BCUT2D eigenvalue weighted by Gasteiger charge is 2.30. The van der Waals surface area contributed by atoms with Gasteiger partial charge in [0.25, 0.3) is 0 Å². The minimum absolute atomic E-state index is 0.0442. The summed E-state index contributed by atoms with van der Waals surface area (Å²) in [6.45, 7) is 4.23. The van der Waals surface area contributed by atoms with Gasteiger partial charge in [0.1, 0.15) is 5.82 Å². The molecule has 0 unspecified atom stereocenters. The van der Waals surface area contributed by atoms with Gasteiger partial charge in [0.2, 0.25) is 10.0 Å². The van der Waals surface area contributed by atoms with Gasteiger partial charge in [0, 0.05) is 16.1 Å². The Hall–Kier alpha value is -0.460. The van der Waals surface area contributed by atoms with E-state index in [0.29, 0.717) is 16.3 Å². The van der Waals surface area contributed by atoms with Crippen molar-refractivity contribution in [2.75, 3.05) is 0 Å². The molecule has 1 saturated carbocycles. The average Bonchev–Trinajstić information content (AvgIpc) is 2.38. The fraction of sp³-hybridized carbons (Fsp3) is 0.600. The molecule has 21 heavy (non-hydrogen) atoms. The summed E-state index contributed by atoms with van der Waals surface area (Å²) >= 11 is 3.16. The molecule has 1 aliphatic carbocycles. The topological polar surface area (TPSA) is 46.2 Å². The Morgan fingerprint density at radius 3 is 2.71 bits per heavy atom. The summed E-state index contributed by atoms with van der Waals surface area (Å²) in [6.07, 6.45) is 3.03. The molecule has 1 fully saturated rings. The van der Waals surface area contributed by atoms with Crippen molar-refractivity contribution in [2.24, 2.45) is 11.8 Å². The van der Waals surface area contributed by atoms with Crippen LogP contribution < -0.4 is 4.72 Å². The van der Waals surface area contributed by atoms with Gasteiger partial charge in [-0.2, -0.15) is 0 Å². The molecule has 3 nitrogen and oxygen atoms in total. The molecule has 0 heterocycles. The van der Waals surface area contributed by atoms with Crippen LogP contribution in [0.2, 0.25) is 0 Å². The van der Waals surface area contributed by atoms with E-state index in [1.165, 1.54) is 12.1 Å². The highest BCUT2D eigenvalue weighted by atomic mass is 79.9. The largest absolute Gasteiger partial charge is 0.216 e. The quantitative estimate of drug-likeness (QED) is 0.866. The first-order valence-electron chi connectivity index (χ1n) is 7.22. The number of halogens is 2. The molecule has 0 saturated heterocycles. The normalized spacial score (nSPS) is 26.8. The third kappa shape index (κ3) is 4.50. The van der Waals surface area contributed by atoms with Crippen molar-refractivity contribution in [3.05, 3.63) is 34.1 Å². The third-order valence-corrected chi connectivity index (χ3v) is 6.24. The zero-order valence-corrected chi connectivity index (χ0v) is 14.7. The van der Waals surface area contributed by atoms with Crippen LogP contribution in [-0.2, 0) is 15.8 Å². The van der Waals surface area contributed by atoms with E-state index >= 15 is 0 Å². The van der Waals surface area contributed by atoms with Crippen LogP contribution in [0.15, 0.2) is 22.7 Å². The van der Waals surface area contributed by atoms with Crippen molar-refractivity contribution < 1.29 is 12.8 Å². The molecule has 6 heteroatoms. The van der Waals surface area contributed by atoms with E-state index in [0.717, 1.165) is 19.3 Å². The van der Waals surface area contributed by atoms with Crippen LogP contribution in [-0.4, -0.2) is 14.5 Å². The van der Waals surface area contributed by atoms with Gasteiger partial charge in [-0.3, -0.25) is 0 Å². The van der Waals surface area contributed by atoms with Crippen molar-refractivity contribution in [1.82, 2.24) is 4.72 Å².